The SMILES string of the molecule is CCCN(C1CCNC1)C(CC)c1ccc(C)cc1. The second-order valence-corrected chi connectivity index (χ2v) is 5.72. The van der Waals surface area contributed by atoms with E-state index >= 15 is 0 Å². The van der Waals surface area contributed by atoms with E-state index in [0.29, 0.717) is 12.1 Å². The molecule has 2 unspecified atom stereocenters. The van der Waals surface area contributed by atoms with Gasteiger partial charge in [0.1, 0.15) is 0 Å². The molecule has 0 saturated carbocycles. The summed E-state index contributed by atoms with van der Waals surface area (Å²) in [6, 6.07) is 10.4. The summed E-state index contributed by atoms with van der Waals surface area (Å²) < 4.78 is 0. The molecule has 0 bridgehead atoms. The van der Waals surface area contributed by atoms with Crippen LogP contribution in [0, 0.1) is 6.92 Å². The topological polar surface area (TPSA) is 15.3 Å². The Morgan fingerprint density at radius 1 is 1.26 bits per heavy atom. The second-order valence-electron chi connectivity index (χ2n) is 5.72. The van der Waals surface area contributed by atoms with Gasteiger partial charge in [-0.15, -0.1) is 0 Å². The number of hydrogen-bond donors (Lipinski definition) is 1. The molecule has 1 heterocycles. The molecule has 0 aliphatic carbocycles. The third-order valence-corrected chi connectivity index (χ3v) is 4.23. The van der Waals surface area contributed by atoms with E-state index in [1.54, 1.807) is 0 Å². The first-order chi connectivity index (χ1) is 9.26. The molecule has 1 aliphatic rings. The highest BCUT2D eigenvalue weighted by atomic mass is 15.2. The highest BCUT2D eigenvalue weighted by molar-refractivity contribution is 5.24. The molecular formula is C17H28N2. The maximum absolute atomic E-state index is 3.51. The van der Waals surface area contributed by atoms with Crippen LogP contribution in [-0.4, -0.2) is 30.6 Å². The van der Waals surface area contributed by atoms with Crippen molar-refractivity contribution >= 4 is 0 Å². The zero-order chi connectivity index (χ0) is 13.7. The van der Waals surface area contributed by atoms with E-state index in [4.69, 9.17) is 0 Å². The fraction of sp³-hybridized carbons (Fsp3) is 0.647. The molecule has 0 amide bonds. The predicted octanol–water partition coefficient (Wildman–Crippen LogP) is 3.52. The number of aryl methyl sites for hydroxylation is 1. The molecule has 2 rings (SSSR count). The number of hydrogen-bond acceptors (Lipinski definition) is 2. The second kappa shape index (κ2) is 7.06. The van der Waals surface area contributed by atoms with Crippen LogP contribution in [0.3, 0.4) is 0 Å². The highest BCUT2D eigenvalue weighted by Crippen LogP contribution is 2.28. The minimum absolute atomic E-state index is 0.574. The van der Waals surface area contributed by atoms with Crippen LogP contribution in [0.2, 0.25) is 0 Å². The number of rotatable bonds is 6. The molecule has 2 atom stereocenters. The Morgan fingerprint density at radius 2 is 2.00 bits per heavy atom. The fourth-order valence-electron chi connectivity index (χ4n) is 3.22. The number of nitrogens with zero attached hydrogens (tertiary/aromatic N) is 1. The summed E-state index contributed by atoms with van der Waals surface area (Å²) in [4.78, 5) is 2.73. The van der Waals surface area contributed by atoms with E-state index in [1.165, 1.54) is 43.5 Å². The first-order valence-corrected chi connectivity index (χ1v) is 7.79. The van der Waals surface area contributed by atoms with Crippen LogP contribution in [-0.2, 0) is 0 Å². The van der Waals surface area contributed by atoms with Gasteiger partial charge in [-0.05, 0) is 44.8 Å². The van der Waals surface area contributed by atoms with Crippen molar-refractivity contribution in [3.05, 3.63) is 35.4 Å². The van der Waals surface area contributed by atoms with Gasteiger partial charge in [-0.3, -0.25) is 4.90 Å². The summed E-state index contributed by atoms with van der Waals surface area (Å²) in [7, 11) is 0. The van der Waals surface area contributed by atoms with Crippen LogP contribution in [0.5, 0.6) is 0 Å². The van der Waals surface area contributed by atoms with E-state index in [1.807, 2.05) is 0 Å². The lowest BCUT2D eigenvalue weighted by atomic mass is 9.99. The molecule has 1 fully saturated rings. The van der Waals surface area contributed by atoms with Gasteiger partial charge in [-0.2, -0.15) is 0 Å². The summed E-state index contributed by atoms with van der Waals surface area (Å²) >= 11 is 0. The molecule has 1 saturated heterocycles. The third kappa shape index (κ3) is 3.58. The van der Waals surface area contributed by atoms with Crippen LogP contribution in [0.15, 0.2) is 24.3 Å². The highest BCUT2D eigenvalue weighted by Gasteiger charge is 2.27. The Kier molecular flexibility index (Phi) is 5.41. The van der Waals surface area contributed by atoms with Crippen molar-refractivity contribution in [2.45, 2.75) is 52.1 Å². The minimum atomic E-state index is 0.574. The molecule has 0 spiro atoms. The zero-order valence-electron chi connectivity index (χ0n) is 12.7. The Hall–Kier alpha value is -0.860. The quantitative estimate of drug-likeness (QED) is 0.842. The monoisotopic (exact) mass is 260 g/mol. The average Bonchev–Trinajstić information content (AvgIpc) is 2.94. The first-order valence-electron chi connectivity index (χ1n) is 7.79. The average molecular weight is 260 g/mol. The van der Waals surface area contributed by atoms with Gasteiger partial charge in [0, 0.05) is 18.6 Å². The maximum atomic E-state index is 3.51. The minimum Gasteiger partial charge on any atom is -0.315 e. The van der Waals surface area contributed by atoms with Crippen molar-refractivity contribution in [1.82, 2.24) is 10.2 Å². The van der Waals surface area contributed by atoms with Gasteiger partial charge >= 0.3 is 0 Å². The van der Waals surface area contributed by atoms with Crippen molar-refractivity contribution < 1.29 is 0 Å². The molecule has 2 heteroatoms. The molecule has 19 heavy (non-hydrogen) atoms. The van der Waals surface area contributed by atoms with E-state index in [2.05, 4.69) is 55.3 Å². The molecule has 2 nitrogen and oxygen atoms in total. The summed E-state index contributed by atoms with van der Waals surface area (Å²) in [5.74, 6) is 0. The van der Waals surface area contributed by atoms with Crippen molar-refractivity contribution in [3.8, 4) is 0 Å². The Bertz CT molecular complexity index is 365. The van der Waals surface area contributed by atoms with Crippen molar-refractivity contribution in [2.75, 3.05) is 19.6 Å². The number of nitrogens with one attached hydrogen (secondary N) is 1. The molecule has 0 aromatic heterocycles. The summed E-state index contributed by atoms with van der Waals surface area (Å²) in [5, 5.41) is 3.51. The lowest BCUT2D eigenvalue weighted by Crippen LogP contribution is -2.40. The van der Waals surface area contributed by atoms with Crippen LogP contribution in [0.1, 0.15) is 50.3 Å². The van der Waals surface area contributed by atoms with Gasteiger partial charge in [-0.1, -0.05) is 43.7 Å². The smallest absolute Gasteiger partial charge is 0.0348 e. The molecule has 1 aliphatic heterocycles. The summed E-state index contributed by atoms with van der Waals surface area (Å²) in [6.07, 6.45) is 3.72. The van der Waals surface area contributed by atoms with E-state index in [0.717, 1.165) is 6.54 Å². The van der Waals surface area contributed by atoms with E-state index in [9.17, 15) is 0 Å². The molecular weight excluding hydrogens is 232 g/mol. The van der Waals surface area contributed by atoms with Crippen LogP contribution in [0.4, 0.5) is 0 Å². The van der Waals surface area contributed by atoms with Gasteiger partial charge in [0.25, 0.3) is 0 Å². The molecule has 1 aromatic rings. The molecule has 0 radical (unpaired) electrons. The lowest BCUT2D eigenvalue weighted by molar-refractivity contribution is 0.138. The van der Waals surface area contributed by atoms with Crippen molar-refractivity contribution in [2.24, 2.45) is 0 Å². The van der Waals surface area contributed by atoms with Crippen molar-refractivity contribution in [1.29, 1.82) is 0 Å². The van der Waals surface area contributed by atoms with Gasteiger partial charge in [0.15, 0.2) is 0 Å². The van der Waals surface area contributed by atoms with Gasteiger partial charge in [0.2, 0.25) is 0 Å². The van der Waals surface area contributed by atoms with Crippen LogP contribution >= 0.6 is 0 Å². The van der Waals surface area contributed by atoms with Crippen molar-refractivity contribution in [3.63, 3.8) is 0 Å². The Balaban J connectivity index is 2.18. The van der Waals surface area contributed by atoms with E-state index < -0.39 is 0 Å². The van der Waals surface area contributed by atoms with Gasteiger partial charge < -0.3 is 5.32 Å². The fourth-order valence-corrected chi connectivity index (χ4v) is 3.22. The third-order valence-electron chi connectivity index (χ3n) is 4.23. The Morgan fingerprint density at radius 3 is 2.53 bits per heavy atom. The largest absolute Gasteiger partial charge is 0.315 e. The normalized spacial score (nSPS) is 20.9. The van der Waals surface area contributed by atoms with Crippen LogP contribution < -0.4 is 5.32 Å². The lowest BCUT2D eigenvalue weighted by Gasteiger charge is -2.36. The summed E-state index contributed by atoms with van der Waals surface area (Å²) in [5.41, 5.74) is 2.83. The first kappa shape index (κ1) is 14.5. The maximum Gasteiger partial charge on any atom is 0.0348 e. The zero-order valence-corrected chi connectivity index (χ0v) is 12.7. The molecule has 106 valence electrons. The van der Waals surface area contributed by atoms with Gasteiger partial charge in [0.05, 0.1) is 0 Å². The molecule has 1 aromatic carbocycles. The molecule has 1 N–H and O–H groups in total. The van der Waals surface area contributed by atoms with Crippen LogP contribution in [0.25, 0.3) is 0 Å². The Labute approximate surface area is 118 Å². The number of benzene rings is 1. The predicted molar refractivity (Wildman–Crippen MR) is 82.5 cm³/mol. The summed E-state index contributed by atoms with van der Waals surface area (Å²) in [6.45, 7) is 10.3. The standard InChI is InChI=1S/C17H28N2/c1-4-12-19(16-10-11-18-13-16)17(5-2)15-8-6-14(3)7-9-15/h6-9,16-18H,4-5,10-13H2,1-3H3. The van der Waals surface area contributed by atoms with E-state index in [-0.39, 0.29) is 0 Å². The van der Waals surface area contributed by atoms with Gasteiger partial charge in [-0.25, -0.2) is 0 Å².